The summed E-state index contributed by atoms with van der Waals surface area (Å²) in [5.74, 6) is -1.18. The van der Waals surface area contributed by atoms with Gasteiger partial charge in [-0.05, 0) is 37.5 Å². The molecule has 2 amide bonds. The van der Waals surface area contributed by atoms with E-state index >= 15 is 0 Å². The van der Waals surface area contributed by atoms with Crippen LogP contribution in [0.3, 0.4) is 0 Å². The van der Waals surface area contributed by atoms with Gasteiger partial charge < -0.3 is 10.2 Å². The number of nitrogens with one attached hydrogen (secondary N) is 1. The van der Waals surface area contributed by atoms with Crippen LogP contribution in [0.2, 0.25) is 0 Å². The first-order valence-electron chi connectivity index (χ1n) is 10.9. The van der Waals surface area contributed by atoms with E-state index in [0.29, 0.717) is 5.56 Å². The fourth-order valence-corrected chi connectivity index (χ4v) is 5.23. The van der Waals surface area contributed by atoms with Gasteiger partial charge in [-0.15, -0.1) is 0 Å². The molecule has 1 N–H and O–H groups in total. The number of halogens is 1. The highest BCUT2D eigenvalue weighted by atomic mass is 32.2. The maximum Gasteiger partial charge on any atom is 0.247 e. The monoisotopic (exact) mass is 453 g/mol. The molecule has 0 spiro atoms. The summed E-state index contributed by atoms with van der Waals surface area (Å²) >= 11 is 0. The first kappa shape index (κ1) is 23.7. The fraction of sp³-hybridized carbons (Fsp3) is 0.636. The summed E-state index contributed by atoms with van der Waals surface area (Å²) in [5, 5.41) is 3.10. The zero-order chi connectivity index (χ0) is 22.6. The van der Waals surface area contributed by atoms with Crippen molar-refractivity contribution in [2.75, 3.05) is 19.3 Å². The lowest BCUT2D eigenvalue weighted by atomic mass is 9.92. The van der Waals surface area contributed by atoms with Crippen LogP contribution in [-0.2, 0) is 26.2 Å². The Bertz CT molecular complexity index is 898. The number of hydrogen-bond donors (Lipinski definition) is 1. The summed E-state index contributed by atoms with van der Waals surface area (Å²) in [4.78, 5) is 27.9. The van der Waals surface area contributed by atoms with Gasteiger partial charge in [-0.2, -0.15) is 4.31 Å². The minimum Gasteiger partial charge on any atom is -0.351 e. The zero-order valence-corrected chi connectivity index (χ0v) is 19.1. The topological polar surface area (TPSA) is 86.8 Å². The number of hydrogen-bond acceptors (Lipinski definition) is 4. The highest BCUT2D eigenvalue weighted by Gasteiger charge is 2.49. The molecule has 1 aliphatic heterocycles. The highest BCUT2D eigenvalue weighted by Crippen LogP contribution is 2.28. The summed E-state index contributed by atoms with van der Waals surface area (Å²) in [5.41, 5.74) is -0.692. The molecule has 1 saturated heterocycles. The van der Waals surface area contributed by atoms with E-state index in [-0.39, 0.29) is 37.4 Å². The molecule has 172 valence electrons. The van der Waals surface area contributed by atoms with Crippen LogP contribution in [0.1, 0.15) is 57.4 Å². The highest BCUT2D eigenvalue weighted by molar-refractivity contribution is 7.88. The molecule has 0 unspecified atom stereocenters. The number of rotatable bonds is 5. The van der Waals surface area contributed by atoms with Crippen LogP contribution in [0.5, 0.6) is 0 Å². The molecular weight excluding hydrogens is 421 g/mol. The van der Waals surface area contributed by atoms with Gasteiger partial charge in [0.25, 0.3) is 0 Å². The first-order valence-corrected chi connectivity index (χ1v) is 12.8. The quantitative estimate of drug-likeness (QED) is 0.742. The van der Waals surface area contributed by atoms with E-state index in [4.69, 9.17) is 0 Å². The van der Waals surface area contributed by atoms with Crippen molar-refractivity contribution in [3.8, 4) is 0 Å². The van der Waals surface area contributed by atoms with Gasteiger partial charge in [0.1, 0.15) is 11.4 Å². The van der Waals surface area contributed by atoms with E-state index in [1.54, 1.807) is 19.1 Å². The van der Waals surface area contributed by atoms with Gasteiger partial charge in [0.15, 0.2) is 0 Å². The SMILES string of the molecule is C[C@]1(C(=O)NC2CCCCCCC2)CN(S(C)(=O)=O)CC(=O)N1Cc1ccc(F)cc1. The van der Waals surface area contributed by atoms with Crippen molar-refractivity contribution in [1.82, 2.24) is 14.5 Å². The van der Waals surface area contributed by atoms with Crippen LogP contribution in [0.4, 0.5) is 4.39 Å². The van der Waals surface area contributed by atoms with E-state index in [0.717, 1.165) is 49.1 Å². The van der Waals surface area contributed by atoms with E-state index < -0.39 is 21.5 Å². The van der Waals surface area contributed by atoms with Crippen molar-refractivity contribution in [2.45, 2.75) is 70.0 Å². The zero-order valence-electron chi connectivity index (χ0n) is 18.3. The summed E-state index contributed by atoms with van der Waals surface area (Å²) < 4.78 is 38.8. The summed E-state index contributed by atoms with van der Waals surface area (Å²) in [7, 11) is -3.65. The van der Waals surface area contributed by atoms with Crippen molar-refractivity contribution >= 4 is 21.8 Å². The minimum atomic E-state index is -3.65. The van der Waals surface area contributed by atoms with Gasteiger partial charge in [-0.3, -0.25) is 9.59 Å². The Morgan fingerprint density at radius 2 is 1.71 bits per heavy atom. The average molecular weight is 454 g/mol. The average Bonchev–Trinajstić information content (AvgIpc) is 2.67. The number of nitrogens with zero attached hydrogens (tertiary/aromatic N) is 2. The molecule has 1 atom stereocenters. The second kappa shape index (κ2) is 9.65. The van der Waals surface area contributed by atoms with E-state index in [1.165, 1.54) is 23.5 Å². The number of amides is 2. The summed E-state index contributed by atoms with van der Waals surface area (Å²) in [6.45, 7) is 1.29. The van der Waals surface area contributed by atoms with E-state index in [2.05, 4.69) is 5.32 Å². The lowest BCUT2D eigenvalue weighted by Gasteiger charge is -2.47. The second-order valence-electron chi connectivity index (χ2n) is 8.93. The Morgan fingerprint density at radius 1 is 1.13 bits per heavy atom. The molecular formula is C22H32FN3O4S. The number of piperazine rings is 1. The molecule has 7 nitrogen and oxygen atoms in total. The van der Waals surface area contributed by atoms with Crippen LogP contribution in [-0.4, -0.2) is 60.4 Å². The molecule has 2 fully saturated rings. The van der Waals surface area contributed by atoms with E-state index in [9.17, 15) is 22.4 Å². The normalized spacial score (nSPS) is 24.5. The summed E-state index contributed by atoms with van der Waals surface area (Å²) in [6, 6.07) is 5.76. The molecule has 0 bridgehead atoms. The fourth-order valence-electron chi connectivity index (χ4n) is 4.40. The Morgan fingerprint density at radius 3 is 2.29 bits per heavy atom. The number of carbonyl (C=O) groups excluding carboxylic acids is 2. The molecule has 1 aromatic carbocycles. The lowest BCUT2D eigenvalue weighted by molar-refractivity contribution is -0.154. The van der Waals surface area contributed by atoms with Crippen molar-refractivity contribution in [3.63, 3.8) is 0 Å². The van der Waals surface area contributed by atoms with Crippen LogP contribution in [0, 0.1) is 5.82 Å². The molecule has 3 rings (SSSR count). The largest absolute Gasteiger partial charge is 0.351 e. The van der Waals surface area contributed by atoms with Crippen LogP contribution < -0.4 is 5.32 Å². The third-order valence-electron chi connectivity index (χ3n) is 6.35. The summed E-state index contributed by atoms with van der Waals surface area (Å²) in [6.07, 6.45) is 8.36. The molecule has 31 heavy (non-hydrogen) atoms. The van der Waals surface area contributed by atoms with Gasteiger partial charge >= 0.3 is 0 Å². The molecule has 2 aliphatic rings. The van der Waals surface area contributed by atoms with Gasteiger partial charge in [-0.1, -0.05) is 44.2 Å². The Hall–Kier alpha value is -2.00. The first-order chi connectivity index (χ1) is 14.6. The minimum absolute atomic E-state index is 0.0148. The maximum absolute atomic E-state index is 13.5. The lowest BCUT2D eigenvalue weighted by Crippen LogP contribution is -2.69. The molecule has 1 saturated carbocycles. The Balaban J connectivity index is 1.86. The van der Waals surface area contributed by atoms with E-state index in [1.807, 2.05) is 0 Å². The third kappa shape index (κ3) is 5.83. The number of benzene rings is 1. The molecule has 9 heteroatoms. The third-order valence-corrected chi connectivity index (χ3v) is 7.54. The van der Waals surface area contributed by atoms with Crippen LogP contribution in [0.15, 0.2) is 24.3 Å². The van der Waals surface area contributed by atoms with Crippen molar-refractivity contribution < 1.29 is 22.4 Å². The van der Waals surface area contributed by atoms with Crippen molar-refractivity contribution in [3.05, 3.63) is 35.6 Å². The van der Waals surface area contributed by atoms with Gasteiger partial charge in [0, 0.05) is 19.1 Å². The van der Waals surface area contributed by atoms with Crippen LogP contribution in [0.25, 0.3) is 0 Å². The smallest absolute Gasteiger partial charge is 0.247 e. The second-order valence-corrected chi connectivity index (χ2v) is 10.9. The Kier molecular flexibility index (Phi) is 7.36. The standard InChI is InChI=1S/C22H32FN3O4S/c1-22(21(28)24-19-8-6-4-3-5-7-9-19)16-25(31(2,29)30)15-20(27)26(22)14-17-10-12-18(23)13-11-17/h10-13,19H,3-9,14-16H2,1-2H3,(H,24,28)/t22-/m1/s1. The molecule has 1 aromatic rings. The van der Waals surface area contributed by atoms with Gasteiger partial charge in [-0.25, -0.2) is 12.8 Å². The predicted molar refractivity (Wildman–Crippen MR) is 116 cm³/mol. The van der Waals surface area contributed by atoms with Crippen molar-refractivity contribution in [1.29, 1.82) is 0 Å². The molecule has 1 aliphatic carbocycles. The molecule has 0 radical (unpaired) electrons. The molecule has 0 aromatic heterocycles. The van der Waals surface area contributed by atoms with Crippen LogP contribution >= 0.6 is 0 Å². The molecule has 1 heterocycles. The maximum atomic E-state index is 13.5. The van der Waals surface area contributed by atoms with Gasteiger partial charge in [0.2, 0.25) is 21.8 Å². The Labute approximate surface area is 184 Å². The van der Waals surface area contributed by atoms with Gasteiger partial charge in [0.05, 0.1) is 12.8 Å². The number of sulfonamides is 1. The number of carbonyl (C=O) groups is 2. The van der Waals surface area contributed by atoms with Crippen molar-refractivity contribution in [2.24, 2.45) is 0 Å². The predicted octanol–water partition coefficient (Wildman–Crippen LogP) is 2.42.